The second kappa shape index (κ2) is 3.98. The minimum Gasteiger partial charge on any atom is -0.476 e. The number of hydrogen-bond acceptors (Lipinski definition) is 4. The second-order valence-corrected chi connectivity index (χ2v) is 3.93. The third-order valence-electron chi connectivity index (χ3n) is 2.74. The number of nitrogens with zero attached hydrogens (tertiary/aromatic N) is 3. The van der Waals surface area contributed by atoms with Crippen molar-refractivity contribution in [2.24, 2.45) is 0 Å². The molecule has 15 heavy (non-hydrogen) atoms. The van der Waals surface area contributed by atoms with Gasteiger partial charge in [-0.2, -0.15) is 0 Å². The maximum absolute atomic E-state index is 10.6. The molecule has 2 rings (SSSR count). The van der Waals surface area contributed by atoms with E-state index in [1.807, 2.05) is 0 Å². The van der Waals surface area contributed by atoms with Gasteiger partial charge in [-0.1, -0.05) is 5.21 Å². The summed E-state index contributed by atoms with van der Waals surface area (Å²) < 4.78 is 1.64. The van der Waals surface area contributed by atoms with Crippen molar-refractivity contribution >= 4 is 5.97 Å². The molecule has 1 aliphatic heterocycles. The van der Waals surface area contributed by atoms with Crippen LogP contribution in [0.1, 0.15) is 36.3 Å². The van der Waals surface area contributed by atoms with Gasteiger partial charge in [0.2, 0.25) is 0 Å². The van der Waals surface area contributed by atoms with E-state index in [4.69, 9.17) is 5.11 Å². The Labute approximate surface area is 87.3 Å². The maximum atomic E-state index is 10.6. The van der Waals surface area contributed by atoms with Crippen molar-refractivity contribution in [2.75, 3.05) is 6.54 Å². The molecule has 6 heteroatoms. The molecule has 1 aromatic heterocycles. The van der Waals surface area contributed by atoms with Crippen molar-refractivity contribution in [3.63, 3.8) is 0 Å². The highest BCUT2D eigenvalue weighted by Crippen LogP contribution is 2.18. The quantitative estimate of drug-likeness (QED) is 0.733. The molecule has 2 heterocycles. The Kier molecular flexibility index (Phi) is 2.68. The van der Waals surface area contributed by atoms with Gasteiger partial charge in [0.15, 0.2) is 5.69 Å². The average Bonchev–Trinajstić information content (AvgIpc) is 2.68. The summed E-state index contributed by atoms with van der Waals surface area (Å²) in [5, 5.41) is 19.5. The van der Waals surface area contributed by atoms with Gasteiger partial charge >= 0.3 is 5.97 Å². The Bertz CT molecular complexity index is 355. The van der Waals surface area contributed by atoms with E-state index in [0.29, 0.717) is 6.04 Å². The van der Waals surface area contributed by atoms with Crippen LogP contribution in [0.4, 0.5) is 0 Å². The van der Waals surface area contributed by atoms with Crippen LogP contribution in [-0.2, 0) is 0 Å². The Balaban J connectivity index is 2.06. The fourth-order valence-corrected chi connectivity index (χ4v) is 1.76. The van der Waals surface area contributed by atoms with Crippen molar-refractivity contribution in [1.82, 2.24) is 20.3 Å². The van der Waals surface area contributed by atoms with E-state index in [-0.39, 0.29) is 11.7 Å². The molecule has 82 valence electrons. The highest BCUT2D eigenvalue weighted by atomic mass is 16.4. The number of carboxylic acids is 1. The first kappa shape index (κ1) is 10.1. The molecule has 1 aromatic rings. The number of carbonyl (C=O) groups is 1. The normalized spacial score (nSPS) is 26.5. The molecule has 0 bridgehead atoms. The topological polar surface area (TPSA) is 80.0 Å². The minimum atomic E-state index is -1.03. The van der Waals surface area contributed by atoms with Crippen LogP contribution in [0.5, 0.6) is 0 Å². The number of piperidine rings is 1. The lowest BCUT2D eigenvalue weighted by Crippen LogP contribution is -2.38. The number of carboxylic acid groups (broad SMARTS) is 1. The Morgan fingerprint density at radius 1 is 1.67 bits per heavy atom. The molecule has 0 spiro atoms. The van der Waals surface area contributed by atoms with Crippen molar-refractivity contribution in [1.29, 1.82) is 0 Å². The van der Waals surface area contributed by atoms with Gasteiger partial charge in [-0.3, -0.25) is 0 Å². The van der Waals surface area contributed by atoms with Gasteiger partial charge in [0, 0.05) is 12.6 Å². The fraction of sp³-hybridized carbons (Fsp3) is 0.667. The highest BCUT2D eigenvalue weighted by molar-refractivity contribution is 5.84. The van der Waals surface area contributed by atoms with Crippen molar-refractivity contribution in [3.05, 3.63) is 11.9 Å². The molecule has 1 saturated heterocycles. The summed E-state index contributed by atoms with van der Waals surface area (Å²) in [7, 11) is 0. The van der Waals surface area contributed by atoms with Crippen LogP contribution in [0.25, 0.3) is 0 Å². The number of aromatic nitrogens is 3. The molecule has 1 fully saturated rings. The summed E-state index contributed by atoms with van der Waals surface area (Å²) in [6, 6.07) is 0.755. The summed E-state index contributed by atoms with van der Waals surface area (Å²) in [4.78, 5) is 10.6. The number of nitrogens with one attached hydrogen (secondary N) is 1. The largest absolute Gasteiger partial charge is 0.476 e. The molecule has 0 radical (unpaired) electrons. The Morgan fingerprint density at radius 3 is 3.00 bits per heavy atom. The Morgan fingerprint density at radius 2 is 2.47 bits per heavy atom. The monoisotopic (exact) mass is 210 g/mol. The van der Waals surface area contributed by atoms with Crippen LogP contribution in [0, 0.1) is 0 Å². The van der Waals surface area contributed by atoms with Gasteiger partial charge in [-0.25, -0.2) is 9.48 Å². The van der Waals surface area contributed by atoms with E-state index in [2.05, 4.69) is 22.6 Å². The van der Waals surface area contributed by atoms with Gasteiger partial charge in [0.1, 0.15) is 0 Å². The molecule has 0 saturated carbocycles. The summed E-state index contributed by atoms with van der Waals surface area (Å²) >= 11 is 0. The van der Waals surface area contributed by atoms with E-state index in [9.17, 15) is 4.79 Å². The molecule has 0 unspecified atom stereocenters. The van der Waals surface area contributed by atoms with E-state index in [0.717, 1.165) is 19.4 Å². The van der Waals surface area contributed by atoms with Gasteiger partial charge in [-0.05, 0) is 19.8 Å². The van der Waals surface area contributed by atoms with Crippen LogP contribution in [-0.4, -0.2) is 38.7 Å². The van der Waals surface area contributed by atoms with Gasteiger partial charge in [-0.15, -0.1) is 5.10 Å². The molecule has 1 aliphatic rings. The Hall–Kier alpha value is -1.43. The summed E-state index contributed by atoms with van der Waals surface area (Å²) in [6.07, 6.45) is 3.58. The second-order valence-electron chi connectivity index (χ2n) is 3.93. The van der Waals surface area contributed by atoms with Gasteiger partial charge < -0.3 is 10.4 Å². The minimum absolute atomic E-state index is 0.00798. The van der Waals surface area contributed by atoms with Crippen LogP contribution in [0.15, 0.2) is 6.20 Å². The molecular weight excluding hydrogens is 196 g/mol. The van der Waals surface area contributed by atoms with Crippen molar-refractivity contribution < 1.29 is 9.90 Å². The van der Waals surface area contributed by atoms with Gasteiger partial charge in [0.25, 0.3) is 0 Å². The molecule has 0 aromatic carbocycles. The molecule has 2 atom stereocenters. The van der Waals surface area contributed by atoms with E-state index >= 15 is 0 Å². The third-order valence-corrected chi connectivity index (χ3v) is 2.74. The van der Waals surface area contributed by atoms with Crippen molar-refractivity contribution in [3.8, 4) is 0 Å². The lowest BCUT2D eigenvalue weighted by atomic mass is 10.0. The average molecular weight is 210 g/mol. The number of hydrogen-bond donors (Lipinski definition) is 2. The molecule has 0 amide bonds. The zero-order chi connectivity index (χ0) is 10.8. The van der Waals surface area contributed by atoms with E-state index in [1.54, 1.807) is 4.68 Å². The standard InChI is InChI=1S/C9H14N4O2/c1-6-2-3-7(4-10-6)13-5-8(9(14)15)11-12-13/h5-7,10H,2-4H2,1H3,(H,14,15)/t6-,7-/m0/s1. The first-order valence-corrected chi connectivity index (χ1v) is 5.05. The SMILES string of the molecule is C[C@H]1CC[C@H](n2cc(C(=O)O)nn2)CN1. The van der Waals surface area contributed by atoms with Crippen molar-refractivity contribution in [2.45, 2.75) is 31.8 Å². The lowest BCUT2D eigenvalue weighted by molar-refractivity contribution is 0.0690. The van der Waals surface area contributed by atoms with E-state index in [1.165, 1.54) is 6.20 Å². The number of rotatable bonds is 2. The predicted molar refractivity (Wildman–Crippen MR) is 52.7 cm³/mol. The molecule has 0 aliphatic carbocycles. The fourth-order valence-electron chi connectivity index (χ4n) is 1.76. The first-order valence-electron chi connectivity index (χ1n) is 5.05. The lowest BCUT2D eigenvalue weighted by Gasteiger charge is -2.27. The smallest absolute Gasteiger partial charge is 0.358 e. The van der Waals surface area contributed by atoms with Crippen LogP contribution in [0.2, 0.25) is 0 Å². The zero-order valence-corrected chi connectivity index (χ0v) is 8.55. The summed E-state index contributed by atoms with van der Waals surface area (Å²) in [5.74, 6) is -1.03. The number of aromatic carboxylic acids is 1. The zero-order valence-electron chi connectivity index (χ0n) is 8.55. The molecule has 6 nitrogen and oxygen atoms in total. The van der Waals surface area contributed by atoms with E-state index < -0.39 is 5.97 Å². The van der Waals surface area contributed by atoms with Gasteiger partial charge in [0.05, 0.1) is 12.2 Å². The highest BCUT2D eigenvalue weighted by Gasteiger charge is 2.21. The molecular formula is C9H14N4O2. The first-order chi connectivity index (χ1) is 7.16. The molecule has 2 N–H and O–H groups in total. The van der Waals surface area contributed by atoms with Crippen LogP contribution in [0.3, 0.4) is 0 Å². The summed E-state index contributed by atoms with van der Waals surface area (Å²) in [5.41, 5.74) is 0.00798. The summed E-state index contributed by atoms with van der Waals surface area (Å²) in [6.45, 7) is 2.96. The maximum Gasteiger partial charge on any atom is 0.358 e. The van der Waals surface area contributed by atoms with Crippen LogP contribution >= 0.6 is 0 Å². The third kappa shape index (κ3) is 2.15. The predicted octanol–water partition coefficient (Wildman–Crippen LogP) is 0.289. The van der Waals surface area contributed by atoms with Crippen LogP contribution < -0.4 is 5.32 Å².